The zero-order valence-corrected chi connectivity index (χ0v) is 16.4. The van der Waals surface area contributed by atoms with Gasteiger partial charge in [0.1, 0.15) is 4.83 Å². The number of piperazine rings is 1. The molecule has 4 heterocycles. The normalized spacial score (nSPS) is 15.0. The Bertz CT molecular complexity index is 1140. The van der Waals surface area contributed by atoms with E-state index in [4.69, 9.17) is 16.6 Å². The van der Waals surface area contributed by atoms with Gasteiger partial charge in [-0.2, -0.15) is 4.98 Å². The van der Waals surface area contributed by atoms with Crippen LogP contribution in [-0.2, 0) is 0 Å². The van der Waals surface area contributed by atoms with Crippen LogP contribution in [0, 0.1) is 6.92 Å². The van der Waals surface area contributed by atoms with Gasteiger partial charge in [-0.1, -0.05) is 30.3 Å². The Morgan fingerprint density at radius 3 is 2.63 bits per heavy atom. The van der Waals surface area contributed by atoms with Gasteiger partial charge < -0.3 is 10.2 Å². The molecule has 0 spiro atoms. The summed E-state index contributed by atoms with van der Waals surface area (Å²) in [6.07, 6.45) is 0. The zero-order chi connectivity index (χ0) is 18.4. The van der Waals surface area contributed by atoms with Crippen LogP contribution < -0.4 is 10.2 Å². The number of halogens is 1. The average molecular weight is 396 g/mol. The molecule has 0 aliphatic carbocycles. The van der Waals surface area contributed by atoms with E-state index in [1.165, 1.54) is 0 Å². The van der Waals surface area contributed by atoms with Crippen molar-refractivity contribution >= 4 is 49.2 Å². The Morgan fingerprint density at radius 1 is 1.07 bits per heavy atom. The van der Waals surface area contributed by atoms with Crippen LogP contribution in [0.15, 0.2) is 36.4 Å². The van der Waals surface area contributed by atoms with Crippen LogP contribution in [0.25, 0.3) is 31.7 Å². The molecule has 4 aromatic rings. The van der Waals surface area contributed by atoms with E-state index in [-0.39, 0.29) is 0 Å². The van der Waals surface area contributed by atoms with E-state index < -0.39 is 0 Å². The first-order chi connectivity index (χ1) is 13.2. The van der Waals surface area contributed by atoms with Crippen LogP contribution in [0.2, 0.25) is 5.28 Å². The second-order valence-electron chi connectivity index (χ2n) is 6.70. The second-order valence-corrected chi connectivity index (χ2v) is 8.04. The van der Waals surface area contributed by atoms with Crippen LogP contribution in [0.3, 0.4) is 0 Å². The van der Waals surface area contributed by atoms with E-state index in [1.54, 1.807) is 11.3 Å². The molecule has 136 valence electrons. The van der Waals surface area contributed by atoms with Gasteiger partial charge in [0.15, 0.2) is 5.82 Å². The lowest BCUT2D eigenvalue weighted by molar-refractivity contribution is 0.586. The van der Waals surface area contributed by atoms with Gasteiger partial charge in [0, 0.05) is 37.1 Å². The molecule has 3 aromatic heterocycles. The highest BCUT2D eigenvalue weighted by molar-refractivity contribution is 7.26. The van der Waals surface area contributed by atoms with Gasteiger partial charge >= 0.3 is 0 Å². The summed E-state index contributed by atoms with van der Waals surface area (Å²) in [4.78, 5) is 17.3. The van der Waals surface area contributed by atoms with Gasteiger partial charge in [-0.3, -0.25) is 0 Å². The van der Waals surface area contributed by atoms with Crippen molar-refractivity contribution in [1.82, 2.24) is 20.3 Å². The Hall–Kier alpha value is -2.28. The highest BCUT2D eigenvalue weighted by atomic mass is 35.5. The molecule has 5 nitrogen and oxygen atoms in total. The fourth-order valence-corrected chi connectivity index (χ4v) is 5.00. The van der Waals surface area contributed by atoms with Crippen molar-refractivity contribution in [3.8, 4) is 11.3 Å². The Balaban J connectivity index is 1.75. The summed E-state index contributed by atoms with van der Waals surface area (Å²) in [7, 11) is 0. The number of anilines is 1. The number of fused-ring (bicyclic) bond motifs is 3. The first-order valence-electron chi connectivity index (χ1n) is 8.99. The summed E-state index contributed by atoms with van der Waals surface area (Å²) in [6, 6.07) is 12.4. The molecule has 1 aliphatic rings. The molecule has 1 N–H and O–H groups in total. The minimum atomic E-state index is 0.294. The molecule has 0 bridgehead atoms. The Kier molecular flexibility index (Phi) is 4.19. The molecule has 0 atom stereocenters. The number of thiophene rings is 1. The highest BCUT2D eigenvalue weighted by Gasteiger charge is 2.21. The van der Waals surface area contributed by atoms with E-state index in [2.05, 4.69) is 45.3 Å². The lowest BCUT2D eigenvalue weighted by Gasteiger charge is -2.28. The first kappa shape index (κ1) is 16.9. The molecule has 0 amide bonds. The molecule has 5 rings (SSSR count). The molecule has 7 heteroatoms. The smallest absolute Gasteiger partial charge is 0.224 e. The topological polar surface area (TPSA) is 53.9 Å². The summed E-state index contributed by atoms with van der Waals surface area (Å²) in [5.74, 6) is 0.926. The van der Waals surface area contributed by atoms with Crippen molar-refractivity contribution in [3.63, 3.8) is 0 Å². The molecule has 0 unspecified atom stereocenters. The number of pyridine rings is 1. The zero-order valence-electron chi connectivity index (χ0n) is 14.9. The third-order valence-corrected chi connectivity index (χ3v) is 6.16. The van der Waals surface area contributed by atoms with E-state index >= 15 is 0 Å². The predicted molar refractivity (Wildman–Crippen MR) is 113 cm³/mol. The maximum atomic E-state index is 6.30. The second kappa shape index (κ2) is 6.71. The maximum Gasteiger partial charge on any atom is 0.224 e. The lowest BCUT2D eigenvalue weighted by Crippen LogP contribution is -2.44. The van der Waals surface area contributed by atoms with Gasteiger partial charge in [-0.15, -0.1) is 11.3 Å². The molecule has 27 heavy (non-hydrogen) atoms. The lowest BCUT2D eigenvalue weighted by atomic mass is 10.1. The summed E-state index contributed by atoms with van der Waals surface area (Å²) >= 11 is 7.96. The van der Waals surface area contributed by atoms with Gasteiger partial charge in [-0.25, -0.2) is 9.97 Å². The van der Waals surface area contributed by atoms with Gasteiger partial charge in [0.2, 0.25) is 5.28 Å². The molecule has 1 aliphatic heterocycles. The van der Waals surface area contributed by atoms with Crippen molar-refractivity contribution < 1.29 is 0 Å². The monoisotopic (exact) mass is 395 g/mol. The summed E-state index contributed by atoms with van der Waals surface area (Å²) in [6.45, 7) is 5.84. The number of aryl methyl sites for hydroxylation is 1. The van der Waals surface area contributed by atoms with E-state index in [0.717, 1.165) is 69.3 Å². The quantitative estimate of drug-likeness (QED) is 0.513. The van der Waals surface area contributed by atoms with Crippen molar-refractivity contribution in [2.75, 3.05) is 31.1 Å². The third kappa shape index (κ3) is 2.94. The fourth-order valence-electron chi connectivity index (χ4n) is 3.63. The molecular formula is C20H18ClN5S. The van der Waals surface area contributed by atoms with Crippen molar-refractivity contribution in [1.29, 1.82) is 0 Å². The van der Waals surface area contributed by atoms with Crippen LogP contribution >= 0.6 is 22.9 Å². The standard InChI is InChI=1S/C20H18ClN5S/c1-12-11-14(13-5-3-2-4-6-13)23-19-15(12)16-17(27-19)18(25-20(21)24-16)26-9-7-22-8-10-26/h2-6,11,22H,7-10H2,1H3. The predicted octanol–water partition coefficient (Wildman–Crippen LogP) is 4.28. The minimum absolute atomic E-state index is 0.294. The van der Waals surface area contributed by atoms with Gasteiger partial charge in [-0.05, 0) is 30.2 Å². The largest absolute Gasteiger partial charge is 0.353 e. The number of hydrogen-bond acceptors (Lipinski definition) is 6. The number of nitrogens with one attached hydrogen (secondary N) is 1. The van der Waals surface area contributed by atoms with E-state index in [0.29, 0.717) is 5.28 Å². The summed E-state index contributed by atoms with van der Waals surface area (Å²) < 4.78 is 1.07. The minimum Gasteiger partial charge on any atom is -0.353 e. The number of aromatic nitrogens is 3. The molecule has 1 saturated heterocycles. The number of benzene rings is 1. The molecular weight excluding hydrogens is 378 g/mol. The molecule has 1 fully saturated rings. The van der Waals surface area contributed by atoms with E-state index in [1.807, 2.05) is 18.2 Å². The first-order valence-corrected chi connectivity index (χ1v) is 10.2. The molecule has 0 saturated carbocycles. The maximum absolute atomic E-state index is 6.30. The Morgan fingerprint density at radius 2 is 1.85 bits per heavy atom. The molecule has 0 radical (unpaired) electrons. The van der Waals surface area contributed by atoms with Crippen molar-refractivity contribution in [2.45, 2.75) is 6.92 Å². The average Bonchev–Trinajstić information content (AvgIpc) is 3.07. The summed E-state index contributed by atoms with van der Waals surface area (Å²) in [5.41, 5.74) is 4.17. The van der Waals surface area contributed by atoms with Crippen molar-refractivity contribution in [2.24, 2.45) is 0 Å². The number of rotatable bonds is 2. The third-order valence-electron chi connectivity index (χ3n) is 4.93. The van der Waals surface area contributed by atoms with E-state index in [9.17, 15) is 0 Å². The molecule has 1 aromatic carbocycles. The van der Waals surface area contributed by atoms with Crippen LogP contribution in [-0.4, -0.2) is 41.1 Å². The summed E-state index contributed by atoms with van der Waals surface area (Å²) in [5, 5.41) is 4.75. The van der Waals surface area contributed by atoms with Crippen LogP contribution in [0.4, 0.5) is 5.82 Å². The highest BCUT2D eigenvalue weighted by Crippen LogP contribution is 2.40. The van der Waals surface area contributed by atoms with Gasteiger partial charge in [0.25, 0.3) is 0 Å². The van der Waals surface area contributed by atoms with Crippen molar-refractivity contribution in [3.05, 3.63) is 47.2 Å². The van der Waals surface area contributed by atoms with Gasteiger partial charge in [0.05, 0.1) is 15.9 Å². The fraction of sp³-hybridized carbons (Fsp3) is 0.250. The van der Waals surface area contributed by atoms with Crippen LogP contribution in [0.1, 0.15) is 5.56 Å². The van der Waals surface area contributed by atoms with Crippen LogP contribution in [0.5, 0.6) is 0 Å². The SMILES string of the molecule is Cc1cc(-c2ccccc2)nc2sc3c(N4CCNCC4)nc(Cl)nc3c12. The number of hydrogen-bond donors (Lipinski definition) is 1. The Labute approximate surface area is 166 Å². The number of nitrogens with zero attached hydrogens (tertiary/aromatic N) is 4.